The Morgan fingerprint density at radius 3 is 2.90 bits per heavy atom. The fourth-order valence-electron chi connectivity index (χ4n) is 3.32. The number of likely N-dealkylation sites (tertiary alicyclic amines) is 1. The number of carbonyl (C=O) groups is 1. The smallest absolute Gasteiger partial charge is 0.226 e. The Hall–Kier alpha value is -1.33. The van der Waals surface area contributed by atoms with E-state index >= 15 is 0 Å². The van der Waals surface area contributed by atoms with E-state index in [9.17, 15) is 4.79 Å². The molecule has 2 saturated heterocycles. The Balaban J connectivity index is 1.60. The number of hydrogen-bond donors (Lipinski definition) is 1. The molecule has 3 heterocycles. The van der Waals surface area contributed by atoms with Crippen LogP contribution < -0.4 is 5.32 Å². The lowest BCUT2D eigenvalue weighted by Crippen LogP contribution is -2.45. The van der Waals surface area contributed by atoms with Crippen molar-refractivity contribution in [2.24, 2.45) is 5.92 Å². The third-order valence-electron chi connectivity index (χ3n) is 4.18. The van der Waals surface area contributed by atoms with Gasteiger partial charge in [0.1, 0.15) is 11.5 Å². The summed E-state index contributed by atoms with van der Waals surface area (Å²) >= 11 is 0. The number of amides is 1. The van der Waals surface area contributed by atoms with E-state index in [1.165, 1.54) is 0 Å². The van der Waals surface area contributed by atoms with Gasteiger partial charge in [-0.25, -0.2) is 0 Å². The van der Waals surface area contributed by atoms with Crippen LogP contribution in [0.2, 0.25) is 0 Å². The standard InChI is InChI=1S/C16H24N2O3/c1-10(2)17-16(19)14-6-13-8-18(9-15(14)21-13)7-12-5-4-11(3)20-12/h4-5,10,13-15H,6-9H2,1-3H3,(H,17,19)/t13-,14+,15-/m1/s1. The molecule has 5 nitrogen and oxygen atoms in total. The molecule has 0 saturated carbocycles. The van der Waals surface area contributed by atoms with E-state index in [0.717, 1.165) is 37.6 Å². The van der Waals surface area contributed by atoms with E-state index in [2.05, 4.69) is 10.2 Å². The van der Waals surface area contributed by atoms with Gasteiger partial charge in [0.15, 0.2) is 0 Å². The lowest BCUT2D eigenvalue weighted by atomic mass is 9.99. The largest absolute Gasteiger partial charge is 0.465 e. The van der Waals surface area contributed by atoms with Crippen LogP contribution in [-0.2, 0) is 16.1 Å². The topological polar surface area (TPSA) is 54.7 Å². The first-order chi connectivity index (χ1) is 10.0. The number of hydrogen-bond acceptors (Lipinski definition) is 4. The fourth-order valence-corrected chi connectivity index (χ4v) is 3.32. The summed E-state index contributed by atoms with van der Waals surface area (Å²) in [5.74, 6) is 2.04. The van der Waals surface area contributed by atoms with Crippen molar-refractivity contribution in [1.29, 1.82) is 0 Å². The zero-order valence-electron chi connectivity index (χ0n) is 13.0. The second kappa shape index (κ2) is 5.81. The average Bonchev–Trinajstić information content (AvgIpc) is 2.92. The Labute approximate surface area is 125 Å². The minimum atomic E-state index is -0.0132. The van der Waals surface area contributed by atoms with Crippen molar-refractivity contribution >= 4 is 5.91 Å². The van der Waals surface area contributed by atoms with Crippen LogP contribution >= 0.6 is 0 Å². The van der Waals surface area contributed by atoms with Gasteiger partial charge >= 0.3 is 0 Å². The Morgan fingerprint density at radius 2 is 2.24 bits per heavy atom. The van der Waals surface area contributed by atoms with Crippen LogP contribution in [0.25, 0.3) is 0 Å². The highest BCUT2D eigenvalue weighted by atomic mass is 16.5. The molecule has 2 aliphatic heterocycles. The van der Waals surface area contributed by atoms with Crippen molar-refractivity contribution in [2.45, 2.75) is 52.0 Å². The lowest BCUT2D eigenvalue weighted by molar-refractivity contribution is -0.128. The highest BCUT2D eigenvalue weighted by molar-refractivity contribution is 5.80. The van der Waals surface area contributed by atoms with Gasteiger partial charge in [-0.1, -0.05) is 0 Å². The summed E-state index contributed by atoms with van der Waals surface area (Å²) in [6, 6.07) is 4.19. The van der Waals surface area contributed by atoms with Crippen LogP contribution in [0.5, 0.6) is 0 Å². The monoisotopic (exact) mass is 292 g/mol. The molecule has 0 aliphatic carbocycles. The van der Waals surface area contributed by atoms with Gasteiger partial charge in [-0.2, -0.15) is 0 Å². The van der Waals surface area contributed by atoms with Crippen LogP contribution in [0.15, 0.2) is 16.5 Å². The third-order valence-corrected chi connectivity index (χ3v) is 4.18. The highest BCUT2D eigenvalue weighted by Gasteiger charge is 2.44. The molecular formula is C16H24N2O3. The molecule has 116 valence electrons. The molecule has 0 radical (unpaired) electrons. The molecule has 3 rings (SSSR count). The summed E-state index contributed by atoms with van der Waals surface area (Å²) in [6.07, 6.45) is 1.01. The van der Waals surface area contributed by atoms with Gasteiger partial charge < -0.3 is 14.5 Å². The molecule has 2 fully saturated rings. The van der Waals surface area contributed by atoms with E-state index in [4.69, 9.17) is 9.15 Å². The summed E-state index contributed by atoms with van der Waals surface area (Å²) < 4.78 is 11.6. The maximum Gasteiger partial charge on any atom is 0.226 e. The number of carbonyl (C=O) groups excluding carboxylic acids is 1. The van der Waals surface area contributed by atoms with Crippen molar-refractivity contribution in [3.63, 3.8) is 0 Å². The third kappa shape index (κ3) is 3.30. The van der Waals surface area contributed by atoms with Crippen molar-refractivity contribution in [3.8, 4) is 0 Å². The first kappa shape index (κ1) is 14.6. The zero-order valence-corrected chi connectivity index (χ0v) is 13.0. The van der Waals surface area contributed by atoms with Crippen molar-refractivity contribution in [2.75, 3.05) is 13.1 Å². The van der Waals surface area contributed by atoms with E-state index < -0.39 is 0 Å². The maximum atomic E-state index is 12.2. The molecule has 1 aromatic rings. The Bertz CT molecular complexity index is 511. The molecular weight excluding hydrogens is 268 g/mol. The summed E-state index contributed by atoms with van der Waals surface area (Å²) in [5.41, 5.74) is 0. The van der Waals surface area contributed by atoms with Gasteiger partial charge in [-0.3, -0.25) is 9.69 Å². The van der Waals surface area contributed by atoms with Gasteiger partial charge in [0.05, 0.1) is 24.7 Å². The minimum Gasteiger partial charge on any atom is -0.465 e. The molecule has 1 aromatic heterocycles. The number of nitrogens with zero attached hydrogens (tertiary/aromatic N) is 1. The van der Waals surface area contributed by atoms with Crippen molar-refractivity contribution < 1.29 is 13.9 Å². The number of ether oxygens (including phenoxy) is 1. The molecule has 0 spiro atoms. The number of furan rings is 1. The van der Waals surface area contributed by atoms with E-state index in [0.29, 0.717) is 0 Å². The molecule has 2 bridgehead atoms. The number of nitrogens with one attached hydrogen (secondary N) is 1. The molecule has 5 heteroatoms. The molecule has 2 aliphatic rings. The predicted molar refractivity (Wildman–Crippen MR) is 78.8 cm³/mol. The Kier molecular flexibility index (Phi) is 4.04. The highest BCUT2D eigenvalue weighted by Crippen LogP contribution is 2.32. The lowest BCUT2D eigenvalue weighted by Gasteiger charge is -2.32. The number of rotatable bonds is 4. The molecule has 0 aromatic carbocycles. The number of morpholine rings is 1. The van der Waals surface area contributed by atoms with Crippen molar-refractivity contribution in [3.05, 3.63) is 23.7 Å². The predicted octanol–water partition coefficient (Wildman–Crippen LogP) is 1.70. The second-order valence-corrected chi connectivity index (χ2v) is 6.51. The number of aryl methyl sites for hydroxylation is 1. The van der Waals surface area contributed by atoms with Crippen molar-refractivity contribution in [1.82, 2.24) is 10.2 Å². The van der Waals surface area contributed by atoms with Gasteiger partial charge in [0.2, 0.25) is 5.91 Å². The molecule has 3 atom stereocenters. The first-order valence-corrected chi connectivity index (χ1v) is 7.75. The van der Waals surface area contributed by atoms with Crippen LogP contribution in [0, 0.1) is 12.8 Å². The molecule has 0 unspecified atom stereocenters. The van der Waals surface area contributed by atoms with E-state index in [1.54, 1.807) is 0 Å². The number of fused-ring (bicyclic) bond motifs is 2. The molecule has 21 heavy (non-hydrogen) atoms. The van der Waals surface area contributed by atoms with Crippen LogP contribution in [0.1, 0.15) is 31.8 Å². The summed E-state index contributed by atoms with van der Waals surface area (Å²) in [4.78, 5) is 14.6. The van der Waals surface area contributed by atoms with E-state index in [1.807, 2.05) is 32.9 Å². The quantitative estimate of drug-likeness (QED) is 0.918. The van der Waals surface area contributed by atoms with Gasteiger partial charge in [0.25, 0.3) is 0 Å². The first-order valence-electron chi connectivity index (χ1n) is 7.75. The molecule has 1 N–H and O–H groups in total. The SMILES string of the molecule is Cc1ccc(CN2C[C@H]3C[C@H](C(=O)NC(C)C)[C@@H](C2)O3)o1. The normalized spacial score (nSPS) is 29.0. The average molecular weight is 292 g/mol. The van der Waals surface area contributed by atoms with Crippen LogP contribution in [-0.4, -0.2) is 42.1 Å². The van der Waals surface area contributed by atoms with Gasteiger partial charge in [0, 0.05) is 19.1 Å². The maximum absolute atomic E-state index is 12.2. The summed E-state index contributed by atoms with van der Waals surface area (Å²) in [6.45, 7) is 8.41. The van der Waals surface area contributed by atoms with Crippen LogP contribution in [0.3, 0.4) is 0 Å². The molecule has 1 amide bonds. The van der Waals surface area contributed by atoms with Crippen LogP contribution in [0.4, 0.5) is 0 Å². The van der Waals surface area contributed by atoms with Gasteiger partial charge in [-0.05, 0) is 39.3 Å². The Morgan fingerprint density at radius 1 is 1.43 bits per heavy atom. The fraction of sp³-hybridized carbons (Fsp3) is 0.688. The zero-order chi connectivity index (χ0) is 15.0. The second-order valence-electron chi connectivity index (χ2n) is 6.51. The van der Waals surface area contributed by atoms with E-state index in [-0.39, 0.29) is 30.1 Å². The minimum absolute atomic E-state index is 0.0126. The summed E-state index contributed by atoms with van der Waals surface area (Å²) in [5, 5.41) is 3.01. The summed E-state index contributed by atoms with van der Waals surface area (Å²) in [7, 11) is 0. The van der Waals surface area contributed by atoms with Gasteiger partial charge in [-0.15, -0.1) is 0 Å².